The second-order valence-electron chi connectivity index (χ2n) is 4.26. The molecule has 100 valence electrons. The number of benzene rings is 2. The van der Waals surface area contributed by atoms with Gasteiger partial charge in [0.1, 0.15) is 5.69 Å². The molecule has 0 aliphatic heterocycles. The van der Waals surface area contributed by atoms with Crippen LogP contribution in [0.5, 0.6) is 0 Å². The summed E-state index contributed by atoms with van der Waals surface area (Å²) in [5.74, 6) is 0.239. The van der Waals surface area contributed by atoms with Crippen molar-refractivity contribution in [2.45, 2.75) is 0 Å². The Morgan fingerprint density at radius 1 is 0.950 bits per heavy atom. The molecule has 3 aromatic rings. The zero-order valence-electron chi connectivity index (χ0n) is 10.3. The van der Waals surface area contributed by atoms with Gasteiger partial charge in [0.05, 0.1) is 5.56 Å². The van der Waals surface area contributed by atoms with E-state index in [0.717, 1.165) is 11.1 Å². The van der Waals surface area contributed by atoms with E-state index in [2.05, 4.69) is 5.16 Å². The average molecular weight is 305 g/mol. The van der Waals surface area contributed by atoms with Crippen molar-refractivity contribution in [2.75, 3.05) is 5.73 Å². The summed E-state index contributed by atoms with van der Waals surface area (Å²) >= 11 is 12.1. The van der Waals surface area contributed by atoms with Gasteiger partial charge in [0.2, 0.25) is 5.88 Å². The lowest BCUT2D eigenvalue weighted by atomic mass is 10.0. The van der Waals surface area contributed by atoms with Crippen molar-refractivity contribution in [3.63, 3.8) is 0 Å². The van der Waals surface area contributed by atoms with Crippen LogP contribution in [-0.2, 0) is 0 Å². The SMILES string of the molecule is Nc1onc(-c2ccc(Cl)cc2)c1-c1ccccc1Cl. The number of nitrogen functional groups attached to an aromatic ring is 1. The topological polar surface area (TPSA) is 52.0 Å². The standard InChI is InChI=1S/C15H10Cl2N2O/c16-10-7-5-9(6-8-10)14-13(15(18)20-19-14)11-3-1-2-4-12(11)17/h1-8H,18H2. The van der Waals surface area contributed by atoms with E-state index in [1.54, 1.807) is 18.2 Å². The summed E-state index contributed by atoms with van der Waals surface area (Å²) in [6.07, 6.45) is 0. The van der Waals surface area contributed by atoms with Crippen LogP contribution in [0.2, 0.25) is 10.0 Å². The number of hydrogen-bond donors (Lipinski definition) is 1. The molecule has 1 heterocycles. The number of hydrogen-bond acceptors (Lipinski definition) is 3. The van der Waals surface area contributed by atoms with Crippen molar-refractivity contribution in [1.82, 2.24) is 5.16 Å². The molecule has 0 spiro atoms. The van der Waals surface area contributed by atoms with Crippen molar-refractivity contribution < 1.29 is 4.52 Å². The number of anilines is 1. The zero-order chi connectivity index (χ0) is 14.1. The first kappa shape index (κ1) is 13.0. The Kier molecular flexibility index (Phi) is 3.38. The highest BCUT2D eigenvalue weighted by molar-refractivity contribution is 6.33. The normalized spacial score (nSPS) is 10.7. The lowest BCUT2D eigenvalue weighted by molar-refractivity contribution is 0.439. The maximum Gasteiger partial charge on any atom is 0.230 e. The molecule has 0 atom stereocenters. The first-order valence-corrected chi connectivity index (χ1v) is 6.68. The molecule has 0 amide bonds. The molecule has 1 aromatic heterocycles. The van der Waals surface area contributed by atoms with Gasteiger partial charge in [-0.2, -0.15) is 0 Å². The van der Waals surface area contributed by atoms with Crippen molar-refractivity contribution in [1.29, 1.82) is 0 Å². The van der Waals surface area contributed by atoms with Gasteiger partial charge in [0.15, 0.2) is 0 Å². The van der Waals surface area contributed by atoms with Crippen LogP contribution in [-0.4, -0.2) is 5.16 Å². The maximum absolute atomic E-state index is 6.23. The van der Waals surface area contributed by atoms with Crippen LogP contribution in [0.4, 0.5) is 5.88 Å². The van der Waals surface area contributed by atoms with E-state index in [1.165, 1.54) is 0 Å². The minimum atomic E-state index is 0.239. The van der Waals surface area contributed by atoms with Crippen LogP contribution in [0.25, 0.3) is 22.4 Å². The van der Waals surface area contributed by atoms with Crippen LogP contribution < -0.4 is 5.73 Å². The van der Waals surface area contributed by atoms with Gasteiger partial charge in [-0.3, -0.25) is 0 Å². The minimum Gasteiger partial charge on any atom is -0.367 e. The lowest BCUT2D eigenvalue weighted by Gasteiger charge is -2.05. The Morgan fingerprint density at radius 2 is 1.65 bits per heavy atom. The van der Waals surface area contributed by atoms with E-state index in [-0.39, 0.29) is 5.88 Å². The quantitative estimate of drug-likeness (QED) is 0.732. The Morgan fingerprint density at radius 3 is 2.35 bits per heavy atom. The number of nitrogens with two attached hydrogens (primary N) is 1. The molecular weight excluding hydrogens is 295 g/mol. The van der Waals surface area contributed by atoms with E-state index in [0.29, 0.717) is 21.3 Å². The van der Waals surface area contributed by atoms with Crippen LogP contribution in [0.15, 0.2) is 53.1 Å². The molecule has 3 nitrogen and oxygen atoms in total. The van der Waals surface area contributed by atoms with Crippen LogP contribution in [0.3, 0.4) is 0 Å². The minimum absolute atomic E-state index is 0.239. The van der Waals surface area contributed by atoms with Crippen molar-refractivity contribution >= 4 is 29.1 Å². The van der Waals surface area contributed by atoms with Crippen molar-refractivity contribution in [3.8, 4) is 22.4 Å². The molecule has 0 radical (unpaired) electrons. The summed E-state index contributed by atoms with van der Waals surface area (Å²) in [5.41, 5.74) is 8.89. The fraction of sp³-hybridized carbons (Fsp3) is 0. The number of rotatable bonds is 2. The molecule has 0 saturated carbocycles. The molecule has 0 aliphatic rings. The van der Waals surface area contributed by atoms with Gasteiger partial charge in [-0.05, 0) is 18.2 Å². The maximum atomic E-state index is 6.23. The first-order valence-electron chi connectivity index (χ1n) is 5.93. The fourth-order valence-corrected chi connectivity index (χ4v) is 2.39. The van der Waals surface area contributed by atoms with Gasteiger partial charge >= 0.3 is 0 Å². The van der Waals surface area contributed by atoms with E-state index >= 15 is 0 Å². The van der Waals surface area contributed by atoms with Gasteiger partial charge < -0.3 is 10.3 Å². The highest BCUT2D eigenvalue weighted by Crippen LogP contribution is 2.39. The predicted octanol–water partition coefficient (Wildman–Crippen LogP) is 4.90. The number of aromatic nitrogens is 1. The third-order valence-corrected chi connectivity index (χ3v) is 3.56. The lowest BCUT2D eigenvalue weighted by Crippen LogP contribution is -1.88. The van der Waals surface area contributed by atoms with Gasteiger partial charge in [-0.1, -0.05) is 58.7 Å². The summed E-state index contributed by atoms with van der Waals surface area (Å²) < 4.78 is 5.13. The van der Waals surface area contributed by atoms with Gasteiger partial charge in [0.25, 0.3) is 0 Å². The third-order valence-electron chi connectivity index (χ3n) is 2.98. The average Bonchev–Trinajstić information content (AvgIpc) is 2.82. The number of nitrogens with zero attached hydrogens (tertiary/aromatic N) is 1. The van der Waals surface area contributed by atoms with Crippen LogP contribution >= 0.6 is 23.2 Å². The third kappa shape index (κ3) is 2.26. The van der Waals surface area contributed by atoms with Crippen molar-refractivity contribution in [2.24, 2.45) is 0 Å². The predicted molar refractivity (Wildman–Crippen MR) is 81.8 cm³/mol. The second kappa shape index (κ2) is 5.19. The molecule has 0 bridgehead atoms. The van der Waals surface area contributed by atoms with E-state index in [1.807, 2.05) is 30.3 Å². The Bertz CT molecular complexity index is 751. The van der Waals surface area contributed by atoms with E-state index in [9.17, 15) is 0 Å². The Hall–Kier alpha value is -1.97. The fourth-order valence-electron chi connectivity index (χ4n) is 2.03. The molecular formula is C15H10Cl2N2O. The van der Waals surface area contributed by atoms with E-state index < -0.39 is 0 Å². The molecule has 0 saturated heterocycles. The molecule has 0 aliphatic carbocycles. The van der Waals surface area contributed by atoms with Gasteiger partial charge in [-0.15, -0.1) is 0 Å². The van der Waals surface area contributed by atoms with Gasteiger partial charge in [-0.25, -0.2) is 0 Å². The summed E-state index contributed by atoms with van der Waals surface area (Å²) in [7, 11) is 0. The molecule has 0 fully saturated rings. The molecule has 3 rings (SSSR count). The first-order chi connectivity index (χ1) is 9.66. The Balaban J connectivity index is 2.20. The molecule has 0 unspecified atom stereocenters. The smallest absolute Gasteiger partial charge is 0.230 e. The van der Waals surface area contributed by atoms with Crippen LogP contribution in [0, 0.1) is 0 Å². The monoisotopic (exact) mass is 304 g/mol. The molecule has 2 aromatic carbocycles. The summed E-state index contributed by atoms with van der Waals surface area (Å²) in [6, 6.07) is 14.7. The largest absolute Gasteiger partial charge is 0.367 e. The highest BCUT2D eigenvalue weighted by Gasteiger charge is 2.19. The van der Waals surface area contributed by atoms with Gasteiger partial charge in [0, 0.05) is 21.2 Å². The van der Waals surface area contributed by atoms with Crippen molar-refractivity contribution in [3.05, 3.63) is 58.6 Å². The molecule has 20 heavy (non-hydrogen) atoms. The summed E-state index contributed by atoms with van der Waals surface area (Å²) in [5, 5.41) is 5.28. The zero-order valence-corrected chi connectivity index (χ0v) is 11.8. The molecule has 5 heteroatoms. The Labute approximate surface area is 125 Å². The summed E-state index contributed by atoms with van der Waals surface area (Å²) in [6.45, 7) is 0. The second-order valence-corrected chi connectivity index (χ2v) is 5.10. The molecule has 2 N–H and O–H groups in total. The van der Waals surface area contributed by atoms with E-state index in [4.69, 9.17) is 33.5 Å². The number of halogens is 2. The highest BCUT2D eigenvalue weighted by atomic mass is 35.5. The van der Waals surface area contributed by atoms with Crippen LogP contribution in [0.1, 0.15) is 0 Å². The summed E-state index contributed by atoms with van der Waals surface area (Å²) in [4.78, 5) is 0.